The summed E-state index contributed by atoms with van der Waals surface area (Å²) in [5.41, 5.74) is 1.23. The van der Waals surface area contributed by atoms with Crippen molar-refractivity contribution < 1.29 is 4.79 Å². The maximum absolute atomic E-state index is 12.5. The lowest BCUT2D eigenvalue weighted by Gasteiger charge is -2.54. The molecule has 3 atom stereocenters. The highest BCUT2D eigenvalue weighted by molar-refractivity contribution is 5.87. The van der Waals surface area contributed by atoms with E-state index in [0.29, 0.717) is 17.7 Å². The number of hydrogen-bond donors (Lipinski definition) is 0. The van der Waals surface area contributed by atoms with Gasteiger partial charge in [-0.1, -0.05) is 30.3 Å². The normalized spacial score (nSPS) is 39.0. The number of carbonyl (C=O) groups is 1. The number of hydrogen-bond acceptors (Lipinski definition) is 2. The van der Waals surface area contributed by atoms with Gasteiger partial charge in [-0.05, 0) is 49.8 Å². The SMILES string of the molecule is Cl.O=C1CC2C3CCN(CC3)C2CC1c1ccccc1. The summed E-state index contributed by atoms with van der Waals surface area (Å²) in [6.45, 7) is 2.53. The molecule has 0 N–H and O–H groups in total. The van der Waals surface area contributed by atoms with Crippen LogP contribution >= 0.6 is 12.4 Å². The highest BCUT2D eigenvalue weighted by Gasteiger charge is 2.47. The summed E-state index contributed by atoms with van der Waals surface area (Å²) in [6, 6.07) is 11.1. The Morgan fingerprint density at radius 1 is 1.05 bits per heavy atom. The predicted octanol–water partition coefficient (Wildman–Crippen LogP) is 3.27. The molecule has 3 aliphatic heterocycles. The van der Waals surface area contributed by atoms with Crippen molar-refractivity contribution in [3.8, 4) is 0 Å². The van der Waals surface area contributed by atoms with Crippen LogP contribution in [0.15, 0.2) is 30.3 Å². The number of fused-ring (bicyclic) bond motifs is 2. The van der Waals surface area contributed by atoms with Crippen LogP contribution in [0.1, 0.15) is 37.2 Å². The quantitative estimate of drug-likeness (QED) is 0.791. The van der Waals surface area contributed by atoms with Crippen LogP contribution in [0.3, 0.4) is 0 Å². The predicted molar refractivity (Wildman–Crippen MR) is 82.2 cm³/mol. The highest BCUT2D eigenvalue weighted by Crippen LogP contribution is 2.46. The second kappa shape index (κ2) is 5.50. The number of piperidine rings is 3. The molecule has 5 rings (SSSR count). The molecule has 3 heteroatoms. The molecule has 0 aromatic heterocycles. The first-order valence-corrected chi connectivity index (χ1v) is 7.64. The molecule has 1 aliphatic carbocycles. The van der Waals surface area contributed by atoms with Gasteiger partial charge < -0.3 is 4.90 Å². The van der Waals surface area contributed by atoms with E-state index in [0.717, 1.165) is 18.8 Å². The van der Waals surface area contributed by atoms with Crippen molar-refractivity contribution in [3.05, 3.63) is 35.9 Å². The van der Waals surface area contributed by atoms with E-state index >= 15 is 0 Å². The minimum atomic E-state index is 0. The fraction of sp³-hybridized carbons (Fsp3) is 0.588. The Labute approximate surface area is 127 Å². The summed E-state index contributed by atoms with van der Waals surface area (Å²) in [6.07, 6.45) is 4.53. The van der Waals surface area contributed by atoms with Gasteiger partial charge in [0.15, 0.2) is 0 Å². The van der Waals surface area contributed by atoms with Crippen LogP contribution in [0, 0.1) is 11.8 Å². The third-order valence-corrected chi connectivity index (χ3v) is 5.65. The maximum Gasteiger partial charge on any atom is 0.140 e. The molecule has 0 spiro atoms. The molecule has 108 valence electrons. The molecule has 3 heterocycles. The van der Waals surface area contributed by atoms with Gasteiger partial charge in [0.1, 0.15) is 5.78 Å². The van der Waals surface area contributed by atoms with E-state index in [1.54, 1.807) is 0 Å². The minimum absolute atomic E-state index is 0. The molecule has 4 fully saturated rings. The zero-order chi connectivity index (χ0) is 12.8. The van der Waals surface area contributed by atoms with Gasteiger partial charge in [0.25, 0.3) is 0 Å². The maximum atomic E-state index is 12.5. The average Bonchev–Trinajstić information content (AvgIpc) is 2.48. The van der Waals surface area contributed by atoms with Crippen molar-refractivity contribution >= 4 is 18.2 Å². The monoisotopic (exact) mass is 291 g/mol. The number of nitrogens with zero attached hydrogens (tertiary/aromatic N) is 1. The Balaban J connectivity index is 0.00000121. The van der Waals surface area contributed by atoms with Gasteiger partial charge in [-0.25, -0.2) is 0 Å². The molecule has 1 saturated carbocycles. The van der Waals surface area contributed by atoms with Gasteiger partial charge in [0.2, 0.25) is 0 Å². The summed E-state index contributed by atoms with van der Waals surface area (Å²) in [5.74, 6) is 2.13. The van der Waals surface area contributed by atoms with Crippen molar-refractivity contribution in [3.63, 3.8) is 0 Å². The van der Waals surface area contributed by atoms with Gasteiger partial charge in [0.05, 0.1) is 0 Å². The van der Waals surface area contributed by atoms with Gasteiger partial charge in [-0.2, -0.15) is 0 Å². The molecule has 1 aromatic rings. The zero-order valence-corrected chi connectivity index (χ0v) is 12.5. The van der Waals surface area contributed by atoms with Gasteiger partial charge in [-0.15, -0.1) is 12.4 Å². The third kappa shape index (κ3) is 2.19. The van der Waals surface area contributed by atoms with Gasteiger partial charge in [-0.3, -0.25) is 4.79 Å². The summed E-state index contributed by atoms with van der Waals surface area (Å²) in [5, 5.41) is 0. The Morgan fingerprint density at radius 3 is 2.45 bits per heavy atom. The van der Waals surface area contributed by atoms with E-state index in [9.17, 15) is 4.79 Å². The lowest BCUT2D eigenvalue weighted by Crippen LogP contribution is -2.57. The molecule has 2 nitrogen and oxygen atoms in total. The molecule has 3 saturated heterocycles. The zero-order valence-electron chi connectivity index (χ0n) is 11.7. The molecule has 0 amide bonds. The summed E-state index contributed by atoms with van der Waals surface area (Å²) < 4.78 is 0. The Morgan fingerprint density at radius 2 is 1.75 bits per heavy atom. The Kier molecular flexibility index (Phi) is 3.87. The summed E-state index contributed by atoms with van der Waals surface area (Å²) in [7, 11) is 0. The third-order valence-electron chi connectivity index (χ3n) is 5.65. The van der Waals surface area contributed by atoms with Crippen molar-refractivity contribution in [2.75, 3.05) is 13.1 Å². The van der Waals surface area contributed by atoms with E-state index in [1.807, 2.05) is 6.07 Å². The number of rotatable bonds is 1. The molecular formula is C17H22ClNO. The van der Waals surface area contributed by atoms with Crippen LogP contribution < -0.4 is 0 Å². The van der Waals surface area contributed by atoms with E-state index in [4.69, 9.17) is 0 Å². The number of Topliss-reactive ketones (excluding diaryl/α,β-unsaturated/α-hetero) is 1. The topological polar surface area (TPSA) is 20.3 Å². The number of ketones is 1. The molecule has 2 bridgehead atoms. The molecular weight excluding hydrogens is 270 g/mol. The molecule has 4 aliphatic rings. The fourth-order valence-electron chi connectivity index (χ4n) is 4.65. The number of benzene rings is 1. The Bertz CT molecular complexity index is 481. The van der Waals surface area contributed by atoms with Gasteiger partial charge >= 0.3 is 0 Å². The molecule has 1 aromatic carbocycles. The first kappa shape index (κ1) is 14.1. The number of carbonyl (C=O) groups excluding carboxylic acids is 1. The van der Waals surface area contributed by atoms with Crippen molar-refractivity contribution in [1.82, 2.24) is 4.90 Å². The largest absolute Gasteiger partial charge is 0.300 e. The second-order valence-electron chi connectivity index (χ2n) is 6.47. The standard InChI is InChI=1S/C17H21NO.ClH/c19-17-11-14-13-6-8-18(9-7-13)16(14)10-15(17)12-4-2-1-3-5-12;/h1-5,13-16H,6-11H2;1H. The first-order valence-electron chi connectivity index (χ1n) is 7.64. The van der Waals surface area contributed by atoms with Crippen molar-refractivity contribution in [2.45, 2.75) is 37.6 Å². The molecule has 0 radical (unpaired) electrons. The second-order valence-corrected chi connectivity index (χ2v) is 6.47. The number of halogens is 1. The summed E-state index contributed by atoms with van der Waals surface area (Å²) in [4.78, 5) is 15.2. The van der Waals surface area contributed by atoms with E-state index < -0.39 is 0 Å². The summed E-state index contributed by atoms with van der Waals surface area (Å²) >= 11 is 0. The van der Waals surface area contributed by atoms with Crippen LogP contribution in [-0.4, -0.2) is 29.8 Å². The lowest BCUT2D eigenvalue weighted by molar-refractivity contribution is -0.130. The average molecular weight is 292 g/mol. The van der Waals surface area contributed by atoms with Crippen molar-refractivity contribution in [1.29, 1.82) is 0 Å². The van der Waals surface area contributed by atoms with E-state index in [-0.39, 0.29) is 18.3 Å². The van der Waals surface area contributed by atoms with Crippen LogP contribution in [0.4, 0.5) is 0 Å². The van der Waals surface area contributed by atoms with Crippen LogP contribution in [0.5, 0.6) is 0 Å². The molecule has 20 heavy (non-hydrogen) atoms. The van der Waals surface area contributed by atoms with Crippen LogP contribution in [-0.2, 0) is 4.79 Å². The van der Waals surface area contributed by atoms with Gasteiger partial charge in [0, 0.05) is 18.4 Å². The smallest absolute Gasteiger partial charge is 0.140 e. The van der Waals surface area contributed by atoms with Crippen molar-refractivity contribution in [2.24, 2.45) is 11.8 Å². The Hall–Kier alpha value is -0.860. The van der Waals surface area contributed by atoms with E-state index in [2.05, 4.69) is 29.2 Å². The first-order chi connectivity index (χ1) is 9.33. The highest BCUT2D eigenvalue weighted by atomic mass is 35.5. The molecule has 3 unspecified atom stereocenters. The van der Waals surface area contributed by atoms with E-state index in [1.165, 1.54) is 31.5 Å². The fourth-order valence-corrected chi connectivity index (χ4v) is 4.65. The van der Waals surface area contributed by atoms with Crippen LogP contribution in [0.25, 0.3) is 0 Å². The minimum Gasteiger partial charge on any atom is -0.300 e. The lowest BCUT2D eigenvalue weighted by atomic mass is 9.64. The van der Waals surface area contributed by atoms with Crippen LogP contribution in [0.2, 0.25) is 0 Å².